The van der Waals surface area contributed by atoms with E-state index in [0.29, 0.717) is 11.6 Å². The number of hydrogen-bond acceptors (Lipinski definition) is 4. The highest BCUT2D eigenvalue weighted by Gasteiger charge is 2.18. The summed E-state index contributed by atoms with van der Waals surface area (Å²) in [4.78, 5) is 8.32. The fourth-order valence-electron chi connectivity index (χ4n) is 2.10. The van der Waals surface area contributed by atoms with Crippen molar-refractivity contribution in [2.75, 3.05) is 5.73 Å². The lowest BCUT2D eigenvalue weighted by molar-refractivity contribution is 0.451. The third kappa shape index (κ3) is 1.88. The van der Waals surface area contributed by atoms with Crippen LogP contribution in [0.2, 0.25) is 0 Å². The predicted octanol–water partition coefficient (Wildman–Crippen LogP) is 2.48. The maximum Gasteiger partial charge on any atom is 0.225 e. The Balaban J connectivity index is 1.93. The molecule has 4 nitrogen and oxygen atoms in total. The van der Waals surface area contributed by atoms with Crippen LogP contribution in [-0.2, 0) is 12.8 Å². The van der Waals surface area contributed by atoms with Crippen molar-refractivity contribution < 1.29 is 9.13 Å². The molecule has 1 aromatic carbocycles. The molecule has 0 bridgehead atoms. The number of nitrogen functional groups attached to an aromatic ring is 1. The molecule has 2 aromatic rings. The molecule has 0 fully saturated rings. The molecule has 1 aromatic heterocycles. The number of halogens is 1. The summed E-state index contributed by atoms with van der Waals surface area (Å²) in [6.07, 6.45) is 4.39. The van der Waals surface area contributed by atoms with Gasteiger partial charge in [-0.2, -0.15) is 0 Å². The van der Waals surface area contributed by atoms with Crippen molar-refractivity contribution >= 4 is 5.69 Å². The summed E-state index contributed by atoms with van der Waals surface area (Å²) in [6.45, 7) is 0. The average Bonchev–Trinajstić information content (AvgIpc) is 2.83. The normalized spacial score (nSPS) is 13.4. The van der Waals surface area contributed by atoms with Crippen LogP contribution in [0.15, 0.2) is 24.5 Å². The number of ether oxygens (including phenoxy) is 1. The number of nitrogens with zero attached hydrogens (tertiary/aromatic N) is 2. The minimum absolute atomic E-state index is 0.107. The number of hydrogen-bond donors (Lipinski definition) is 1. The molecule has 0 unspecified atom stereocenters. The molecule has 0 spiro atoms. The molecular formula is C13H12FN3O. The highest BCUT2D eigenvalue weighted by atomic mass is 19.1. The molecule has 5 heteroatoms. The largest absolute Gasteiger partial charge is 0.439 e. The summed E-state index contributed by atoms with van der Waals surface area (Å²) in [6, 6.07) is 4.37. The SMILES string of the molecule is Nc1ccc(Oc2ncnc3c2CCC3)cc1F. The highest BCUT2D eigenvalue weighted by molar-refractivity contribution is 5.45. The Morgan fingerprint density at radius 2 is 2.11 bits per heavy atom. The van der Waals surface area contributed by atoms with Gasteiger partial charge in [-0.15, -0.1) is 0 Å². The zero-order valence-corrected chi connectivity index (χ0v) is 9.69. The van der Waals surface area contributed by atoms with E-state index in [1.54, 1.807) is 6.07 Å². The van der Waals surface area contributed by atoms with Crippen molar-refractivity contribution in [3.63, 3.8) is 0 Å². The monoisotopic (exact) mass is 245 g/mol. The minimum Gasteiger partial charge on any atom is -0.439 e. The van der Waals surface area contributed by atoms with Crippen LogP contribution >= 0.6 is 0 Å². The van der Waals surface area contributed by atoms with Gasteiger partial charge in [-0.1, -0.05) is 0 Å². The Bertz CT molecular complexity index is 601. The van der Waals surface area contributed by atoms with E-state index in [1.807, 2.05) is 0 Å². The smallest absolute Gasteiger partial charge is 0.225 e. The molecule has 18 heavy (non-hydrogen) atoms. The summed E-state index contributed by atoms with van der Waals surface area (Å²) in [5.41, 5.74) is 7.57. The van der Waals surface area contributed by atoms with Gasteiger partial charge in [-0.3, -0.25) is 0 Å². The van der Waals surface area contributed by atoms with Crippen LogP contribution in [0.25, 0.3) is 0 Å². The van der Waals surface area contributed by atoms with Gasteiger partial charge in [0.05, 0.1) is 11.4 Å². The molecule has 0 amide bonds. The molecule has 92 valence electrons. The number of rotatable bonds is 2. The first-order chi connectivity index (χ1) is 8.74. The number of anilines is 1. The van der Waals surface area contributed by atoms with Crippen molar-refractivity contribution in [3.8, 4) is 11.6 Å². The van der Waals surface area contributed by atoms with Crippen molar-refractivity contribution in [1.82, 2.24) is 9.97 Å². The third-order valence-electron chi connectivity index (χ3n) is 3.02. The molecule has 3 rings (SSSR count). The number of aromatic nitrogens is 2. The predicted molar refractivity (Wildman–Crippen MR) is 64.9 cm³/mol. The van der Waals surface area contributed by atoms with E-state index in [2.05, 4.69) is 9.97 Å². The first-order valence-corrected chi connectivity index (χ1v) is 5.79. The zero-order valence-electron chi connectivity index (χ0n) is 9.69. The van der Waals surface area contributed by atoms with E-state index in [-0.39, 0.29) is 5.69 Å². The summed E-state index contributed by atoms with van der Waals surface area (Å²) in [5.74, 6) is 0.425. The Kier molecular flexibility index (Phi) is 2.59. The molecule has 0 saturated heterocycles. The third-order valence-corrected chi connectivity index (χ3v) is 3.02. The lowest BCUT2D eigenvalue weighted by atomic mass is 10.2. The van der Waals surface area contributed by atoms with Gasteiger partial charge in [0.25, 0.3) is 0 Å². The highest BCUT2D eigenvalue weighted by Crippen LogP contribution is 2.30. The standard InChI is InChI=1S/C13H12FN3O/c14-10-6-8(4-5-11(10)15)18-13-9-2-1-3-12(9)16-7-17-13/h4-7H,1-3,15H2. The van der Waals surface area contributed by atoms with E-state index < -0.39 is 5.82 Å². The van der Waals surface area contributed by atoms with Gasteiger partial charge in [-0.25, -0.2) is 14.4 Å². The second-order valence-electron chi connectivity index (χ2n) is 4.24. The van der Waals surface area contributed by atoms with Crippen LogP contribution in [0.1, 0.15) is 17.7 Å². The number of fused-ring (bicyclic) bond motifs is 1. The molecule has 2 N–H and O–H groups in total. The molecule has 0 saturated carbocycles. The van der Waals surface area contributed by atoms with Crippen molar-refractivity contribution in [2.24, 2.45) is 0 Å². The number of benzene rings is 1. The number of nitrogens with two attached hydrogens (primary N) is 1. The molecule has 1 heterocycles. The average molecular weight is 245 g/mol. The van der Waals surface area contributed by atoms with Crippen molar-refractivity contribution in [1.29, 1.82) is 0 Å². The van der Waals surface area contributed by atoms with Crippen molar-refractivity contribution in [3.05, 3.63) is 41.6 Å². The van der Waals surface area contributed by atoms with Crippen LogP contribution < -0.4 is 10.5 Å². The van der Waals surface area contributed by atoms with Crippen LogP contribution in [0.5, 0.6) is 11.6 Å². The van der Waals surface area contributed by atoms with Gasteiger partial charge < -0.3 is 10.5 Å². The van der Waals surface area contributed by atoms with Gasteiger partial charge in [0.1, 0.15) is 17.9 Å². The van der Waals surface area contributed by atoms with Gasteiger partial charge in [0.2, 0.25) is 5.88 Å². The fraction of sp³-hybridized carbons (Fsp3) is 0.231. The Hall–Kier alpha value is -2.17. The Labute approximate surface area is 104 Å². The molecule has 1 aliphatic carbocycles. The van der Waals surface area contributed by atoms with E-state index in [1.165, 1.54) is 18.5 Å². The maximum atomic E-state index is 13.3. The van der Waals surface area contributed by atoms with Crippen molar-refractivity contribution in [2.45, 2.75) is 19.3 Å². The molecular weight excluding hydrogens is 233 g/mol. The Morgan fingerprint density at radius 3 is 2.94 bits per heavy atom. The van der Waals surface area contributed by atoms with Gasteiger partial charge in [0.15, 0.2) is 0 Å². The second-order valence-corrected chi connectivity index (χ2v) is 4.24. The van der Waals surface area contributed by atoms with E-state index in [4.69, 9.17) is 10.5 Å². The first kappa shape index (κ1) is 11.0. The second kappa shape index (κ2) is 4.25. The summed E-state index contributed by atoms with van der Waals surface area (Å²) >= 11 is 0. The summed E-state index contributed by atoms with van der Waals surface area (Å²) in [5, 5.41) is 0. The zero-order chi connectivity index (χ0) is 12.5. The Morgan fingerprint density at radius 1 is 1.22 bits per heavy atom. The van der Waals surface area contributed by atoms with Gasteiger partial charge in [0, 0.05) is 11.6 Å². The lowest BCUT2D eigenvalue weighted by Crippen LogP contribution is -1.97. The summed E-state index contributed by atoms with van der Waals surface area (Å²) < 4.78 is 18.9. The van der Waals surface area contributed by atoms with Crippen LogP contribution in [0.4, 0.5) is 10.1 Å². The lowest BCUT2D eigenvalue weighted by Gasteiger charge is -2.08. The van der Waals surface area contributed by atoms with E-state index in [0.717, 1.165) is 30.5 Å². The van der Waals surface area contributed by atoms with Crippen LogP contribution in [0.3, 0.4) is 0 Å². The van der Waals surface area contributed by atoms with Gasteiger partial charge in [-0.05, 0) is 31.4 Å². The van der Waals surface area contributed by atoms with E-state index in [9.17, 15) is 4.39 Å². The van der Waals surface area contributed by atoms with E-state index >= 15 is 0 Å². The number of aryl methyl sites for hydroxylation is 1. The fourth-order valence-corrected chi connectivity index (χ4v) is 2.10. The molecule has 0 radical (unpaired) electrons. The molecule has 0 aliphatic heterocycles. The molecule has 1 aliphatic rings. The summed E-state index contributed by atoms with van der Waals surface area (Å²) in [7, 11) is 0. The minimum atomic E-state index is -0.488. The first-order valence-electron chi connectivity index (χ1n) is 5.79. The van der Waals surface area contributed by atoms with Crippen LogP contribution in [0, 0.1) is 5.82 Å². The van der Waals surface area contributed by atoms with Crippen LogP contribution in [-0.4, -0.2) is 9.97 Å². The maximum absolute atomic E-state index is 13.3. The molecule has 0 atom stereocenters. The van der Waals surface area contributed by atoms with Gasteiger partial charge >= 0.3 is 0 Å². The quantitative estimate of drug-likeness (QED) is 0.826. The topological polar surface area (TPSA) is 61.0 Å².